The quantitative estimate of drug-likeness (QED) is 0.242. The topological polar surface area (TPSA) is 111 Å². The van der Waals surface area contributed by atoms with Crippen LogP contribution >= 0.6 is 34.5 Å². The molecule has 0 saturated carbocycles. The third kappa shape index (κ3) is 5.88. The van der Waals surface area contributed by atoms with Crippen LogP contribution in [0.15, 0.2) is 65.9 Å². The van der Waals surface area contributed by atoms with Gasteiger partial charge in [0.1, 0.15) is 5.69 Å². The number of hydrogen-bond donors (Lipinski definition) is 2. The van der Waals surface area contributed by atoms with Gasteiger partial charge >= 0.3 is 0 Å². The molecule has 0 aliphatic heterocycles. The van der Waals surface area contributed by atoms with Crippen LogP contribution in [0.25, 0.3) is 17.0 Å². The van der Waals surface area contributed by atoms with Crippen molar-refractivity contribution in [2.75, 3.05) is 11.9 Å². The maximum atomic E-state index is 13.1. The number of aromatic nitrogens is 4. The number of nitrogens with zero attached hydrogens (tertiary/aromatic N) is 5. The molecule has 1 aromatic carbocycles. The Kier molecular flexibility index (Phi) is 8.27. The lowest BCUT2D eigenvalue weighted by atomic mass is 10.1. The number of benzene rings is 1. The van der Waals surface area contributed by atoms with Crippen LogP contribution < -0.4 is 11.1 Å². The van der Waals surface area contributed by atoms with Crippen molar-refractivity contribution in [2.45, 2.75) is 19.8 Å². The van der Waals surface area contributed by atoms with E-state index in [2.05, 4.69) is 31.8 Å². The minimum Gasteiger partial charge on any atom is -0.330 e. The summed E-state index contributed by atoms with van der Waals surface area (Å²) in [4.78, 5) is 30.9. The fourth-order valence-electron chi connectivity index (χ4n) is 3.37. The number of rotatable bonds is 9. The average Bonchev–Trinajstić information content (AvgIpc) is 3.51. The molecule has 0 fully saturated rings. The second-order valence-corrected chi connectivity index (χ2v) is 9.37. The normalized spacial score (nSPS) is 11.5. The van der Waals surface area contributed by atoms with Crippen molar-refractivity contribution in [2.24, 2.45) is 10.7 Å². The van der Waals surface area contributed by atoms with Crippen molar-refractivity contribution >= 4 is 62.9 Å². The lowest BCUT2D eigenvalue weighted by molar-refractivity contribution is 0.102. The molecule has 11 heteroatoms. The Labute approximate surface area is 222 Å². The van der Waals surface area contributed by atoms with Crippen LogP contribution in [0.5, 0.6) is 0 Å². The maximum absolute atomic E-state index is 13.1. The van der Waals surface area contributed by atoms with E-state index in [1.165, 1.54) is 11.3 Å². The first-order valence-electron chi connectivity index (χ1n) is 11.1. The van der Waals surface area contributed by atoms with E-state index in [1.807, 2.05) is 24.4 Å². The number of nitrogens with two attached hydrogens (primary N) is 1. The number of halogens is 2. The van der Waals surface area contributed by atoms with Crippen LogP contribution in [0.1, 0.15) is 35.8 Å². The van der Waals surface area contributed by atoms with E-state index in [9.17, 15) is 4.79 Å². The zero-order valence-electron chi connectivity index (χ0n) is 19.4. The van der Waals surface area contributed by atoms with Crippen molar-refractivity contribution in [3.63, 3.8) is 0 Å². The van der Waals surface area contributed by atoms with Crippen molar-refractivity contribution in [1.29, 1.82) is 0 Å². The van der Waals surface area contributed by atoms with Crippen LogP contribution in [0.3, 0.4) is 0 Å². The highest BCUT2D eigenvalue weighted by atomic mass is 35.5. The van der Waals surface area contributed by atoms with E-state index in [0.29, 0.717) is 51.8 Å². The number of pyridine rings is 1. The SMILES string of the molecule is C=C(c1ccc(Cl)cc1Cl)n1cc(C(=O)Nc2nc(-c3cccnc3)cs2)nc1/N=C(/CC)CCN. The summed E-state index contributed by atoms with van der Waals surface area (Å²) in [5.41, 5.74) is 9.46. The van der Waals surface area contributed by atoms with Gasteiger partial charge in [0.25, 0.3) is 5.91 Å². The van der Waals surface area contributed by atoms with E-state index in [0.717, 1.165) is 17.0 Å². The summed E-state index contributed by atoms with van der Waals surface area (Å²) in [6.45, 7) is 6.61. The minimum atomic E-state index is -0.427. The zero-order valence-corrected chi connectivity index (χ0v) is 21.7. The highest BCUT2D eigenvalue weighted by molar-refractivity contribution is 7.14. The summed E-state index contributed by atoms with van der Waals surface area (Å²) in [6.07, 6.45) is 6.28. The molecular formula is C25H23Cl2N7OS. The molecule has 0 aliphatic rings. The number of imidazole rings is 1. The van der Waals surface area contributed by atoms with Crippen molar-refractivity contribution in [1.82, 2.24) is 19.5 Å². The van der Waals surface area contributed by atoms with Crippen molar-refractivity contribution in [3.8, 4) is 11.3 Å². The fourth-order valence-corrected chi connectivity index (χ4v) is 4.60. The van der Waals surface area contributed by atoms with Gasteiger partial charge in [-0.05, 0) is 49.7 Å². The van der Waals surface area contributed by atoms with Crippen LogP contribution in [0, 0.1) is 0 Å². The first-order valence-corrected chi connectivity index (χ1v) is 12.7. The molecule has 0 atom stereocenters. The van der Waals surface area contributed by atoms with Crippen molar-refractivity contribution < 1.29 is 4.79 Å². The van der Waals surface area contributed by atoms with E-state index in [-0.39, 0.29) is 5.69 Å². The van der Waals surface area contributed by atoms with E-state index in [1.54, 1.807) is 41.4 Å². The Bertz CT molecular complexity index is 1430. The number of anilines is 1. The number of hydrogen-bond acceptors (Lipinski definition) is 7. The third-order valence-electron chi connectivity index (χ3n) is 5.23. The summed E-state index contributed by atoms with van der Waals surface area (Å²) in [6, 6.07) is 8.84. The molecule has 3 aromatic heterocycles. The van der Waals surface area contributed by atoms with Crippen LogP contribution in [0.4, 0.5) is 11.1 Å². The van der Waals surface area contributed by atoms with Gasteiger partial charge in [-0.2, -0.15) is 0 Å². The summed E-state index contributed by atoms with van der Waals surface area (Å²) in [5, 5.41) is 6.03. The molecule has 0 radical (unpaired) electrons. The third-order valence-corrected chi connectivity index (χ3v) is 6.54. The highest BCUT2D eigenvalue weighted by Gasteiger charge is 2.19. The molecule has 0 spiro atoms. The molecule has 0 saturated heterocycles. The van der Waals surface area contributed by atoms with Gasteiger partial charge in [0, 0.05) is 45.8 Å². The number of nitrogens with one attached hydrogen (secondary N) is 1. The van der Waals surface area contributed by atoms with Crippen LogP contribution in [0.2, 0.25) is 10.0 Å². The van der Waals surface area contributed by atoms with E-state index < -0.39 is 5.91 Å². The Morgan fingerprint density at radius 2 is 2.11 bits per heavy atom. The molecule has 1 amide bonds. The average molecular weight is 540 g/mol. The Balaban J connectivity index is 1.66. The number of carbonyl (C=O) groups is 1. The molecular weight excluding hydrogens is 517 g/mol. The number of amides is 1. The molecule has 4 aromatic rings. The van der Waals surface area contributed by atoms with Gasteiger partial charge in [-0.1, -0.05) is 36.7 Å². The highest BCUT2D eigenvalue weighted by Crippen LogP contribution is 2.31. The Morgan fingerprint density at radius 1 is 1.28 bits per heavy atom. The molecule has 0 bridgehead atoms. The second kappa shape index (κ2) is 11.6. The number of thiazole rings is 1. The molecule has 0 aliphatic carbocycles. The molecule has 0 unspecified atom stereocenters. The van der Waals surface area contributed by atoms with E-state index in [4.69, 9.17) is 28.9 Å². The maximum Gasteiger partial charge on any atom is 0.277 e. The predicted octanol–water partition coefficient (Wildman–Crippen LogP) is 6.31. The van der Waals surface area contributed by atoms with Crippen LogP contribution in [-0.2, 0) is 0 Å². The smallest absolute Gasteiger partial charge is 0.277 e. The molecule has 8 nitrogen and oxygen atoms in total. The van der Waals surface area contributed by atoms with Gasteiger partial charge in [-0.25, -0.2) is 15.0 Å². The largest absolute Gasteiger partial charge is 0.330 e. The summed E-state index contributed by atoms with van der Waals surface area (Å²) in [5.74, 6) is -0.124. The van der Waals surface area contributed by atoms with Crippen LogP contribution in [-0.4, -0.2) is 37.7 Å². The van der Waals surface area contributed by atoms with Gasteiger partial charge in [0.05, 0.1) is 16.4 Å². The van der Waals surface area contributed by atoms with Gasteiger partial charge in [-0.3, -0.25) is 19.7 Å². The standard InChI is InChI=1S/C25H23Cl2N7OS/c1-3-18(8-9-28)30-24-31-21(13-34(24)15(2)19-7-6-17(26)11-20(19)27)23(35)33-25-32-22(14-36-25)16-5-4-10-29-12-16/h4-7,10-14H,2-3,8-9,28H2,1H3,(H,32,33,35)/b30-18-. The summed E-state index contributed by atoms with van der Waals surface area (Å²) < 4.78 is 1.64. The first kappa shape index (κ1) is 25.7. The Morgan fingerprint density at radius 3 is 2.81 bits per heavy atom. The van der Waals surface area contributed by atoms with Gasteiger partial charge in [-0.15, -0.1) is 11.3 Å². The summed E-state index contributed by atoms with van der Waals surface area (Å²) >= 11 is 13.8. The van der Waals surface area contributed by atoms with Gasteiger partial charge in [0.2, 0.25) is 5.95 Å². The second-order valence-electron chi connectivity index (χ2n) is 7.67. The molecule has 3 heterocycles. The predicted molar refractivity (Wildman–Crippen MR) is 147 cm³/mol. The zero-order chi connectivity index (χ0) is 25.7. The molecule has 36 heavy (non-hydrogen) atoms. The minimum absolute atomic E-state index is 0.154. The monoisotopic (exact) mass is 539 g/mol. The molecule has 3 N–H and O–H groups in total. The Hall–Kier alpha value is -3.37. The van der Waals surface area contributed by atoms with Crippen molar-refractivity contribution in [3.05, 3.63) is 82.2 Å². The number of aliphatic imine (C=N–C) groups is 1. The lowest BCUT2D eigenvalue weighted by Gasteiger charge is -2.11. The van der Waals surface area contributed by atoms with Gasteiger partial charge in [0.15, 0.2) is 5.13 Å². The number of carbonyl (C=O) groups excluding carboxylic acids is 1. The van der Waals surface area contributed by atoms with Gasteiger partial charge < -0.3 is 5.73 Å². The first-order chi connectivity index (χ1) is 17.4. The summed E-state index contributed by atoms with van der Waals surface area (Å²) in [7, 11) is 0. The lowest BCUT2D eigenvalue weighted by Crippen LogP contribution is -2.12. The fraction of sp³-hybridized carbons (Fsp3) is 0.160. The molecule has 184 valence electrons. The molecule has 4 rings (SSSR count). The van der Waals surface area contributed by atoms with E-state index >= 15 is 0 Å².